The molecule has 0 aliphatic carbocycles. The molecule has 2 aliphatic rings. The molecular weight excluding hydrogens is 393 g/mol. The van der Waals surface area contributed by atoms with E-state index < -0.39 is 4.46 Å². The number of fused-ring (bicyclic) bond motifs is 3. The molecule has 0 aromatic rings. The van der Waals surface area contributed by atoms with E-state index in [0.29, 0.717) is 12.6 Å². The summed E-state index contributed by atoms with van der Waals surface area (Å²) in [6.45, 7) is 6.75. The van der Waals surface area contributed by atoms with Crippen LogP contribution < -0.4 is 5.32 Å². The quantitative estimate of drug-likeness (QED) is 0.360. The smallest absolute Gasteiger partial charge is 0.313 e. The molecule has 0 amide bonds. The molecule has 2 radical (unpaired) electrons. The van der Waals surface area contributed by atoms with Crippen molar-refractivity contribution in [1.82, 2.24) is 20.0 Å². The fraction of sp³-hybridized carbons (Fsp3) is 1.00. The Morgan fingerprint density at radius 3 is 2.29 bits per heavy atom. The number of likely N-dealkylation sites (N-methyl/N-ethyl adjacent to an activating group) is 2. The van der Waals surface area contributed by atoms with Gasteiger partial charge in [0.2, 0.25) is 0 Å². The van der Waals surface area contributed by atoms with Crippen molar-refractivity contribution in [3.05, 3.63) is 0 Å². The summed E-state index contributed by atoms with van der Waals surface area (Å²) in [6, 6.07) is 0.568. The molecule has 21 heavy (non-hydrogen) atoms. The van der Waals surface area contributed by atoms with Crippen molar-refractivity contribution in [2.45, 2.75) is 23.3 Å². The van der Waals surface area contributed by atoms with E-state index in [9.17, 15) is 0 Å². The number of halogens is 2. The molecule has 2 bridgehead atoms. The maximum atomic E-state index is 6.60. The van der Waals surface area contributed by atoms with Gasteiger partial charge in [0.15, 0.2) is 4.46 Å². The van der Waals surface area contributed by atoms with Crippen LogP contribution in [0.2, 0.25) is 0 Å². The third-order valence-corrected chi connectivity index (χ3v) is 4.92. The number of hydrogen-bond acceptors (Lipinski definition) is 4. The van der Waals surface area contributed by atoms with Crippen molar-refractivity contribution < 1.29 is 34.1 Å². The van der Waals surface area contributed by atoms with E-state index in [1.807, 2.05) is 0 Å². The third-order valence-electron chi connectivity index (χ3n) is 4.21. The number of hydrogen-bond donors (Lipinski definition) is 1. The van der Waals surface area contributed by atoms with Crippen LogP contribution in [-0.2, 0) is 34.1 Å². The minimum atomic E-state index is -0.776. The normalized spacial score (nSPS) is 32.0. The van der Waals surface area contributed by atoms with Crippen LogP contribution in [-0.4, -0.2) is 85.1 Å². The van der Waals surface area contributed by atoms with Gasteiger partial charge in [-0.3, -0.25) is 4.90 Å². The van der Waals surface area contributed by atoms with Crippen LogP contribution in [0.5, 0.6) is 0 Å². The average Bonchev–Trinajstić information content (AvgIpc) is 2.41. The van der Waals surface area contributed by atoms with Gasteiger partial charge in [0.05, 0.1) is 0 Å². The summed E-state index contributed by atoms with van der Waals surface area (Å²) in [5.74, 6) is 0. The van der Waals surface area contributed by atoms with Gasteiger partial charge in [-0.1, -0.05) is 23.2 Å². The van der Waals surface area contributed by atoms with Gasteiger partial charge in [-0.05, 0) is 33.5 Å². The standard InChI is InChI=1S/C13H26Cl2N4.2Mn/c1-17-6-3-12-4-7-19(10-9-17)13(14,15)11-18(2)8-5-16-12;;/h12,16H,3-11H2,1-2H3;;/q;2*+2. The molecule has 0 aromatic carbocycles. The zero-order chi connectivity index (χ0) is 13.9. The molecule has 4 nitrogen and oxygen atoms in total. The first-order valence-corrected chi connectivity index (χ1v) is 7.96. The number of nitrogens with one attached hydrogen (secondary N) is 1. The second-order valence-electron chi connectivity index (χ2n) is 5.92. The Hall–Kier alpha value is 1.46. The molecule has 2 unspecified atom stereocenters. The minimum absolute atomic E-state index is 0. The van der Waals surface area contributed by atoms with E-state index in [4.69, 9.17) is 23.2 Å². The van der Waals surface area contributed by atoms with E-state index in [0.717, 1.165) is 45.7 Å². The Morgan fingerprint density at radius 1 is 0.905 bits per heavy atom. The summed E-state index contributed by atoms with van der Waals surface area (Å²) in [5.41, 5.74) is 0. The van der Waals surface area contributed by atoms with Gasteiger partial charge >= 0.3 is 34.1 Å². The van der Waals surface area contributed by atoms with Crippen molar-refractivity contribution in [3.8, 4) is 0 Å². The van der Waals surface area contributed by atoms with Crippen LogP contribution in [0.4, 0.5) is 0 Å². The first-order valence-electron chi connectivity index (χ1n) is 7.21. The number of nitrogens with zero attached hydrogens (tertiary/aromatic N) is 3. The average molecular weight is 419 g/mol. The third kappa shape index (κ3) is 7.26. The van der Waals surface area contributed by atoms with E-state index >= 15 is 0 Å². The summed E-state index contributed by atoms with van der Waals surface area (Å²) in [6.07, 6.45) is 2.32. The molecule has 1 N–H and O–H groups in total. The molecule has 0 saturated carbocycles. The minimum Gasteiger partial charge on any atom is -0.313 e. The molecule has 2 atom stereocenters. The van der Waals surface area contributed by atoms with E-state index in [-0.39, 0.29) is 34.1 Å². The summed E-state index contributed by atoms with van der Waals surface area (Å²) < 4.78 is -0.776. The van der Waals surface area contributed by atoms with Gasteiger partial charge in [-0.2, -0.15) is 0 Å². The fourth-order valence-corrected chi connectivity index (χ4v) is 3.59. The first-order chi connectivity index (χ1) is 8.97. The van der Waals surface area contributed by atoms with Gasteiger partial charge in [-0.25, -0.2) is 0 Å². The first kappa shape index (κ1) is 22.5. The van der Waals surface area contributed by atoms with Gasteiger partial charge in [-0.15, -0.1) is 0 Å². The predicted octanol–water partition coefficient (Wildman–Crippen LogP) is 1.04. The second-order valence-corrected chi connectivity index (χ2v) is 7.37. The Morgan fingerprint density at radius 2 is 1.57 bits per heavy atom. The molecule has 2 heterocycles. The van der Waals surface area contributed by atoms with Gasteiger partial charge in [0, 0.05) is 45.3 Å². The summed E-state index contributed by atoms with van der Waals surface area (Å²) in [7, 11) is 4.26. The molecule has 0 aromatic heterocycles. The van der Waals surface area contributed by atoms with Gasteiger partial charge in [0.1, 0.15) is 0 Å². The molecule has 2 rings (SSSR count). The van der Waals surface area contributed by atoms with Gasteiger partial charge < -0.3 is 15.1 Å². The van der Waals surface area contributed by atoms with Gasteiger partial charge in [0.25, 0.3) is 0 Å². The number of rotatable bonds is 0. The predicted molar refractivity (Wildman–Crippen MR) is 82.0 cm³/mol. The Bertz CT molecular complexity index is 297. The van der Waals surface area contributed by atoms with Crippen molar-refractivity contribution in [2.75, 3.05) is 59.9 Å². The molecule has 122 valence electrons. The Balaban J connectivity index is 0.00000200. The second kappa shape index (κ2) is 10.4. The van der Waals surface area contributed by atoms with Crippen LogP contribution in [0.3, 0.4) is 0 Å². The molecule has 0 spiro atoms. The summed E-state index contributed by atoms with van der Waals surface area (Å²) in [5, 5.41) is 3.67. The maximum absolute atomic E-state index is 6.60. The molecule has 8 heteroatoms. The molecule has 2 saturated heterocycles. The Labute approximate surface area is 160 Å². The Kier molecular flexibility index (Phi) is 11.1. The van der Waals surface area contributed by atoms with Crippen LogP contribution in [0.1, 0.15) is 12.8 Å². The van der Waals surface area contributed by atoms with Crippen LogP contribution in [0, 0.1) is 0 Å². The zero-order valence-electron chi connectivity index (χ0n) is 12.8. The fourth-order valence-electron chi connectivity index (χ4n) is 2.84. The molecular formula is C13H26Cl2Mn2N4+4. The van der Waals surface area contributed by atoms with Crippen LogP contribution in [0.25, 0.3) is 0 Å². The maximum Gasteiger partial charge on any atom is 2.00 e. The largest absolute Gasteiger partial charge is 2.00 e. The molecule has 2 fully saturated rings. The molecule has 2 aliphatic heterocycles. The van der Waals surface area contributed by atoms with Crippen molar-refractivity contribution in [2.24, 2.45) is 0 Å². The summed E-state index contributed by atoms with van der Waals surface area (Å²) in [4.78, 5) is 6.82. The topological polar surface area (TPSA) is 21.8 Å². The monoisotopic (exact) mass is 418 g/mol. The SMILES string of the molecule is CN1CCC2CCN(CC1)C(Cl)(Cl)CN(C)CCN2.[Mn+2].[Mn+2]. The van der Waals surface area contributed by atoms with Crippen molar-refractivity contribution in [3.63, 3.8) is 0 Å². The number of alkyl halides is 2. The van der Waals surface area contributed by atoms with E-state index in [1.165, 1.54) is 6.42 Å². The van der Waals surface area contributed by atoms with Crippen LogP contribution in [0.15, 0.2) is 0 Å². The zero-order valence-corrected chi connectivity index (χ0v) is 16.7. The summed E-state index contributed by atoms with van der Waals surface area (Å²) >= 11 is 13.2. The van der Waals surface area contributed by atoms with Crippen molar-refractivity contribution in [1.29, 1.82) is 0 Å². The van der Waals surface area contributed by atoms with E-state index in [2.05, 4.69) is 34.1 Å². The van der Waals surface area contributed by atoms with Crippen molar-refractivity contribution >= 4 is 23.2 Å². The van der Waals surface area contributed by atoms with Crippen LogP contribution >= 0.6 is 23.2 Å². The van der Waals surface area contributed by atoms with E-state index in [1.54, 1.807) is 0 Å².